The quantitative estimate of drug-likeness (QED) is 0.715. The third-order valence-electron chi connectivity index (χ3n) is 2.54. The van der Waals surface area contributed by atoms with Crippen molar-refractivity contribution in [2.45, 2.75) is 19.8 Å². The van der Waals surface area contributed by atoms with Gasteiger partial charge >= 0.3 is 11.9 Å². The summed E-state index contributed by atoms with van der Waals surface area (Å²) in [5.41, 5.74) is 0. The summed E-state index contributed by atoms with van der Waals surface area (Å²) < 4.78 is 4.51. The van der Waals surface area contributed by atoms with Crippen molar-refractivity contribution in [2.75, 3.05) is 19.0 Å². The molecule has 0 aliphatic heterocycles. The summed E-state index contributed by atoms with van der Waals surface area (Å²) in [5.74, 6) is -1.63. The number of carbonyl (C=O) groups is 2. The standard InChI is InChI=1S/C12H17N3O4/c1-3-4-8(11(16)17)7-14-9-5-6-13-10(15-9)12(18)19-2/h5-6,8H,3-4,7H2,1-2H3,(H,16,17)(H,13,14,15). The average molecular weight is 267 g/mol. The largest absolute Gasteiger partial charge is 0.481 e. The van der Waals surface area contributed by atoms with Crippen molar-refractivity contribution in [3.63, 3.8) is 0 Å². The normalized spacial score (nSPS) is 11.7. The van der Waals surface area contributed by atoms with Gasteiger partial charge in [-0.3, -0.25) is 4.79 Å². The third-order valence-corrected chi connectivity index (χ3v) is 2.54. The number of hydrogen-bond acceptors (Lipinski definition) is 6. The summed E-state index contributed by atoms with van der Waals surface area (Å²) in [7, 11) is 1.24. The molecule has 0 radical (unpaired) electrons. The summed E-state index contributed by atoms with van der Waals surface area (Å²) in [4.78, 5) is 29.9. The molecular formula is C12H17N3O4. The van der Waals surface area contributed by atoms with E-state index in [9.17, 15) is 9.59 Å². The highest BCUT2D eigenvalue weighted by molar-refractivity contribution is 5.85. The molecule has 7 nitrogen and oxygen atoms in total. The van der Waals surface area contributed by atoms with Crippen molar-refractivity contribution in [2.24, 2.45) is 5.92 Å². The lowest BCUT2D eigenvalue weighted by Crippen LogP contribution is -2.23. The van der Waals surface area contributed by atoms with Gasteiger partial charge in [-0.1, -0.05) is 13.3 Å². The van der Waals surface area contributed by atoms with Gasteiger partial charge in [-0.25, -0.2) is 14.8 Å². The first-order valence-electron chi connectivity index (χ1n) is 5.96. The van der Waals surface area contributed by atoms with Crippen LogP contribution in [0.5, 0.6) is 0 Å². The van der Waals surface area contributed by atoms with Crippen molar-refractivity contribution in [1.29, 1.82) is 0 Å². The van der Waals surface area contributed by atoms with Gasteiger partial charge in [0.1, 0.15) is 5.82 Å². The molecule has 0 saturated carbocycles. The molecule has 0 bridgehead atoms. The summed E-state index contributed by atoms with van der Waals surface area (Å²) in [5, 5.41) is 11.9. The van der Waals surface area contributed by atoms with Crippen LogP contribution in [-0.2, 0) is 9.53 Å². The van der Waals surface area contributed by atoms with Crippen molar-refractivity contribution in [1.82, 2.24) is 9.97 Å². The lowest BCUT2D eigenvalue weighted by Gasteiger charge is -2.12. The minimum absolute atomic E-state index is 0.0603. The van der Waals surface area contributed by atoms with Crippen LogP contribution in [0.25, 0.3) is 0 Å². The molecule has 7 heteroatoms. The van der Waals surface area contributed by atoms with Gasteiger partial charge in [-0.15, -0.1) is 0 Å². The van der Waals surface area contributed by atoms with Crippen LogP contribution < -0.4 is 5.32 Å². The SMILES string of the molecule is CCCC(CNc1ccnc(C(=O)OC)n1)C(=O)O. The molecule has 0 spiro atoms. The fourth-order valence-electron chi connectivity index (χ4n) is 1.54. The number of rotatable bonds is 7. The lowest BCUT2D eigenvalue weighted by atomic mass is 10.0. The second-order valence-electron chi connectivity index (χ2n) is 3.96. The highest BCUT2D eigenvalue weighted by Crippen LogP contribution is 2.09. The van der Waals surface area contributed by atoms with Crippen LogP contribution in [-0.4, -0.2) is 40.7 Å². The molecule has 2 N–H and O–H groups in total. The topological polar surface area (TPSA) is 101 Å². The Bertz CT molecular complexity index is 450. The summed E-state index contributed by atoms with van der Waals surface area (Å²) in [6, 6.07) is 1.57. The Labute approximate surface area is 111 Å². The first kappa shape index (κ1) is 14.9. The first-order chi connectivity index (χ1) is 9.08. The minimum atomic E-state index is -0.850. The van der Waals surface area contributed by atoms with Crippen LogP contribution in [0.2, 0.25) is 0 Å². The van der Waals surface area contributed by atoms with Gasteiger partial charge in [0, 0.05) is 12.7 Å². The zero-order valence-electron chi connectivity index (χ0n) is 10.9. The van der Waals surface area contributed by atoms with Gasteiger partial charge < -0.3 is 15.2 Å². The van der Waals surface area contributed by atoms with Gasteiger partial charge in [0.05, 0.1) is 13.0 Å². The Hall–Kier alpha value is -2.18. The van der Waals surface area contributed by atoms with E-state index in [0.717, 1.165) is 6.42 Å². The van der Waals surface area contributed by atoms with Crippen LogP contribution in [0.4, 0.5) is 5.82 Å². The van der Waals surface area contributed by atoms with Crippen molar-refractivity contribution >= 4 is 17.8 Å². The molecule has 1 heterocycles. The highest BCUT2D eigenvalue weighted by atomic mass is 16.5. The van der Waals surface area contributed by atoms with E-state index in [1.165, 1.54) is 13.3 Å². The lowest BCUT2D eigenvalue weighted by molar-refractivity contribution is -0.141. The summed E-state index contributed by atoms with van der Waals surface area (Å²) >= 11 is 0. The van der Waals surface area contributed by atoms with Gasteiger partial charge in [0.2, 0.25) is 5.82 Å². The van der Waals surface area contributed by atoms with E-state index in [0.29, 0.717) is 12.2 Å². The van der Waals surface area contributed by atoms with E-state index in [1.807, 2.05) is 6.92 Å². The number of carboxylic acid groups (broad SMARTS) is 1. The predicted octanol–water partition coefficient (Wildman–Crippen LogP) is 1.18. The Morgan fingerprint density at radius 3 is 2.84 bits per heavy atom. The molecule has 1 atom stereocenters. The van der Waals surface area contributed by atoms with Gasteiger partial charge in [-0.2, -0.15) is 0 Å². The van der Waals surface area contributed by atoms with Crippen molar-refractivity contribution in [3.8, 4) is 0 Å². The molecular weight excluding hydrogens is 250 g/mol. The molecule has 0 fully saturated rings. The maximum atomic E-state index is 11.2. The zero-order chi connectivity index (χ0) is 14.3. The molecule has 0 aliphatic carbocycles. The van der Waals surface area contributed by atoms with Crippen molar-refractivity contribution < 1.29 is 19.4 Å². The number of nitrogens with zero attached hydrogens (tertiary/aromatic N) is 2. The summed E-state index contributed by atoms with van der Waals surface area (Å²) in [6.45, 7) is 2.18. The van der Waals surface area contributed by atoms with Crippen LogP contribution in [0.1, 0.15) is 30.4 Å². The van der Waals surface area contributed by atoms with Crippen LogP contribution in [0.3, 0.4) is 0 Å². The second kappa shape index (κ2) is 7.30. The van der Waals surface area contributed by atoms with E-state index >= 15 is 0 Å². The number of hydrogen-bond donors (Lipinski definition) is 2. The van der Waals surface area contributed by atoms with E-state index in [-0.39, 0.29) is 12.4 Å². The summed E-state index contributed by atoms with van der Waals surface area (Å²) in [6.07, 6.45) is 2.78. The maximum Gasteiger partial charge on any atom is 0.376 e. The van der Waals surface area contributed by atoms with E-state index in [2.05, 4.69) is 20.0 Å². The molecule has 0 saturated heterocycles. The molecule has 1 unspecified atom stereocenters. The molecule has 104 valence electrons. The number of carbonyl (C=O) groups excluding carboxylic acids is 1. The molecule has 19 heavy (non-hydrogen) atoms. The number of anilines is 1. The number of methoxy groups -OCH3 is 1. The fraction of sp³-hybridized carbons (Fsp3) is 0.500. The molecule has 1 rings (SSSR count). The monoisotopic (exact) mass is 267 g/mol. The number of ether oxygens (including phenoxy) is 1. The van der Waals surface area contributed by atoms with Gasteiger partial charge in [0.25, 0.3) is 0 Å². The zero-order valence-corrected chi connectivity index (χ0v) is 10.9. The van der Waals surface area contributed by atoms with E-state index in [1.54, 1.807) is 6.07 Å². The molecule has 1 aromatic rings. The highest BCUT2D eigenvalue weighted by Gasteiger charge is 2.16. The predicted molar refractivity (Wildman–Crippen MR) is 67.9 cm³/mol. The number of esters is 1. The van der Waals surface area contributed by atoms with E-state index in [4.69, 9.17) is 5.11 Å². The average Bonchev–Trinajstić information content (AvgIpc) is 2.42. The smallest absolute Gasteiger partial charge is 0.376 e. The Morgan fingerprint density at radius 1 is 1.53 bits per heavy atom. The van der Waals surface area contributed by atoms with Crippen LogP contribution >= 0.6 is 0 Å². The Balaban J connectivity index is 2.66. The van der Waals surface area contributed by atoms with E-state index < -0.39 is 17.9 Å². The van der Waals surface area contributed by atoms with Gasteiger partial charge in [-0.05, 0) is 12.5 Å². The number of nitrogens with one attached hydrogen (secondary N) is 1. The number of aliphatic carboxylic acids is 1. The number of aromatic nitrogens is 2. The molecule has 0 aromatic carbocycles. The first-order valence-corrected chi connectivity index (χ1v) is 5.96. The van der Waals surface area contributed by atoms with Crippen LogP contribution in [0, 0.1) is 5.92 Å². The van der Waals surface area contributed by atoms with Gasteiger partial charge in [0.15, 0.2) is 0 Å². The maximum absolute atomic E-state index is 11.2. The number of carboxylic acids is 1. The van der Waals surface area contributed by atoms with Crippen molar-refractivity contribution in [3.05, 3.63) is 18.1 Å². The minimum Gasteiger partial charge on any atom is -0.481 e. The molecule has 0 amide bonds. The Morgan fingerprint density at radius 2 is 2.26 bits per heavy atom. The molecule has 0 aliphatic rings. The fourth-order valence-corrected chi connectivity index (χ4v) is 1.54. The van der Waals surface area contributed by atoms with Crippen LogP contribution in [0.15, 0.2) is 12.3 Å². The molecule has 1 aromatic heterocycles. The second-order valence-corrected chi connectivity index (χ2v) is 3.96. The Kier molecular flexibility index (Phi) is 5.72. The third kappa shape index (κ3) is 4.53.